The van der Waals surface area contributed by atoms with Gasteiger partial charge in [0.1, 0.15) is 6.54 Å². The Kier molecular flexibility index (Phi) is 7.00. The second-order valence-corrected chi connectivity index (χ2v) is 10.9. The molecule has 6 nitrogen and oxygen atoms in total. The molecule has 0 aliphatic carbocycles. The lowest BCUT2D eigenvalue weighted by atomic mass is 9.96. The number of aromatic nitrogens is 2. The van der Waals surface area contributed by atoms with Crippen molar-refractivity contribution in [3.8, 4) is 0 Å². The van der Waals surface area contributed by atoms with Gasteiger partial charge in [-0.05, 0) is 36.6 Å². The Morgan fingerprint density at radius 1 is 0.842 bits per heavy atom. The smallest absolute Gasteiger partial charge is 0.242 e. The van der Waals surface area contributed by atoms with Crippen LogP contribution in [0.4, 0.5) is 0 Å². The third-order valence-electron chi connectivity index (χ3n) is 8.37. The Labute approximate surface area is 225 Å². The maximum Gasteiger partial charge on any atom is 0.242 e. The SMILES string of the molecule is CC(C)N1CCc2c(c3ccncc3n2CC(=O)N2CCN(C(c3ccccc3)c3ccccc3)CC2)C1. The molecular weight excluding hydrogens is 470 g/mol. The van der Waals surface area contributed by atoms with Crippen LogP contribution in [0.15, 0.2) is 79.1 Å². The van der Waals surface area contributed by atoms with Crippen LogP contribution in [-0.4, -0.2) is 68.9 Å². The summed E-state index contributed by atoms with van der Waals surface area (Å²) in [5.41, 5.74) is 6.36. The molecule has 0 bridgehead atoms. The quantitative estimate of drug-likeness (QED) is 0.378. The number of hydrogen-bond donors (Lipinski definition) is 0. The van der Waals surface area contributed by atoms with Crippen molar-refractivity contribution in [2.24, 2.45) is 0 Å². The summed E-state index contributed by atoms with van der Waals surface area (Å²) in [6.07, 6.45) is 4.78. The number of hydrogen-bond acceptors (Lipinski definition) is 4. The summed E-state index contributed by atoms with van der Waals surface area (Å²) in [6, 6.07) is 24.3. The molecule has 0 saturated carbocycles. The summed E-state index contributed by atoms with van der Waals surface area (Å²) >= 11 is 0. The molecule has 6 heteroatoms. The maximum atomic E-state index is 13.6. The van der Waals surface area contributed by atoms with Gasteiger partial charge in [-0.2, -0.15) is 0 Å². The zero-order chi connectivity index (χ0) is 26.1. The molecule has 0 spiro atoms. The predicted molar refractivity (Wildman–Crippen MR) is 152 cm³/mol. The van der Waals surface area contributed by atoms with Crippen molar-refractivity contribution in [2.75, 3.05) is 32.7 Å². The van der Waals surface area contributed by atoms with E-state index in [0.29, 0.717) is 12.6 Å². The first-order chi connectivity index (χ1) is 18.6. The van der Waals surface area contributed by atoms with Gasteiger partial charge in [-0.15, -0.1) is 0 Å². The van der Waals surface area contributed by atoms with Crippen LogP contribution in [0.2, 0.25) is 0 Å². The molecule has 38 heavy (non-hydrogen) atoms. The predicted octanol–water partition coefficient (Wildman–Crippen LogP) is 4.74. The zero-order valence-corrected chi connectivity index (χ0v) is 22.5. The fourth-order valence-electron chi connectivity index (χ4n) is 6.28. The minimum Gasteiger partial charge on any atom is -0.339 e. The van der Waals surface area contributed by atoms with E-state index in [9.17, 15) is 4.79 Å². The number of nitrogens with zero attached hydrogens (tertiary/aromatic N) is 5. The van der Waals surface area contributed by atoms with E-state index in [0.717, 1.165) is 51.2 Å². The van der Waals surface area contributed by atoms with Gasteiger partial charge in [0, 0.05) is 69.0 Å². The highest BCUT2D eigenvalue weighted by molar-refractivity contribution is 5.87. The van der Waals surface area contributed by atoms with Crippen molar-refractivity contribution in [1.29, 1.82) is 0 Å². The third-order valence-corrected chi connectivity index (χ3v) is 8.37. The van der Waals surface area contributed by atoms with Gasteiger partial charge >= 0.3 is 0 Å². The Morgan fingerprint density at radius 3 is 2.13 bits per heavy atom. The van der Waals surface area contributed by atoms with Crippen LogP contribution in [0, 0.1) is 0 Å². The number of benzene rings is 2. The Hall–Kier alpha value is -3.48. The normalized spacial score (nSPS) is 16.9. The molecule has 0 N–H and O–H groups in total. The monoisotopic (exact) mass is 507 g/mol. The minimum atomic E-state index is 0.199. The van der Waals surface area contributed by atoms with E-state index in [1.54, 1.807) is 0 Å². The first kappa shape index (κ1) is 24.8. The zero-order valence-electron chi connectivity index (χ0n) is 22.5. The fraction of sp³-hybridized carbons (Fsp3) is 0.375. The van der Waals surface area contributed by atoms with E-state index in [-0.39, 0.29) is 11.9 Å². The van der Waals surface area contributed by atoms with Gasteiger partial charge in [-0.1, -0.05) is 60.7 Å². The lowest BCUT2D eigenvalue weighted by molar-refractivity contribution is -0.133. The topological polar surface area (TPSA) is 44.6 Å². The molecule has 4 heterocycles. The molecule has 1 amide bonds. The van der Waals surface area contributed by atoms with Gasteiger partial charge in [-0.25, -0.2) is 0 Å². The van der Waals surface area contributed by atoms with Crippen LogP contribution in [0.1, 0.15) is 42.3 Å². The van der Waals surface area contributed by atoms with E-state index < -0.39 is 0 Å². The number of carbonyl (C=O) groups excluding carboxylic acids is 1. The number of piperazine rings is 1. The van der Waals surface area contributed by atoms with Gasteiger partial charge in [0.15, 0.2) is 0 Å². The molecule has 0 unspecified atom stereocenters. The van der Waals surface area contributed by atoms with Gasteiger partial charge < -0.3 is 9.47 Å². The summed E-state index contributed by atoms with van der Waals surface area (Å²) in [4.78, 5) is 25.1. The number of carbonyl (C=O) groups is 1. The largest absolute Gasteiger partial charge is 0.339 e. The van der Waals surface area contributed by atoms with E-state index in [4.69, 9.17) is 0 Å². The lowest BCUT2D eigenvalue weighted by Gasteiger charge is -2.40. The van der Waals surface area contributed by atoms with Gasteiger partial charge in [0.05, 0.1) is 17.8 Å². The Balaban J connectivity index is 1.19. The van der Waals surface area contributed by atoms with Crippen LogP contribution in [0.5, 0.6) is 0 Å². The van der Waals surface area contributed by atoms with Crippen LogP contribution in [-0.2, 0) is 24.3 Å². The van der Waals surface area contributed by atoms with Crippen molar-refractivity contribution >= 4 is 16.8 Å². The van der Waals surface area contributed by atoms with Crippen LogP contribution in [0.3, 0.4) is 0 Å². The highest BCUT2D eigenvalue weighted by Gasteiger charge is 2.30. The van der Waals surface area contributed by atoms with Crippen LogP contribution in [0.25, 0.3) is 10.9 Å². The molecule has 1 fully saturated rings. The van der Waals surface area contributed by atoms with E-state index in [1.807, 2.05) is 12.4 Å². The fourth-order valence-corrected chi connectivity index (χ4v) is 6.28. The molecule has 4 aromatic rings. The number of fused-ring (bicyclic) bond motifs is 3. The third kappa shape index (κ3) is 4.74. The molecule has 2 aliphatic heterocycles. The van der Waals surface area contributed by atoms with Gasteiger partial charge in [0.25, 0.3) is 0 Å². The second kappa shape index (κ2) is 10.7. The van der Waals surface area contributed by atoms with Crippen molar-refractivity contribution in [3.05, 3.63) is 102 Å². The Morgan fingerprint density at radius 2 is 1.50 bits per heavy atom. The lowest BCUT2D eigenvalue weighted by Crippen LogP contribution is -2.50. The molecule has 196 valence electrons. The second-order valence-electron chi connectivity index (χ2n) is 10.9. The van der Waals surface area contributed by atoms with E-state index >= 15 is 0 Å². The highest BCUT2D eigenvalue weighted by Crippen LogP contribution is 2.32. The van der Waals surface area contributed by atoms with Crippen LogP contribution >= 0.6 is 0 Å². The van der Waals surface area contributed by atoms with Crippen molar-refractivity contribution < 1.29 is 4.79 Å². The molecule has 2 aliphatic rings. The number of pyridine rings is 1. The van der Waals surface area contributed by atoms with Crippen molar-refractivity contribution in [1.82, 2.24) is 24.3 Å². The van der Waals surface area contributed by atoms with Crippen molar-refractivity contribution in [3.63, 3.8) is 0 Å². The average Bonchev–Trinajstić information content (AvgIpc) is 3.27. The summed E-state index contributed by atoms with van der Waals surface area (Å²) in [5, 5.41) is 1.24. The molecule has 0 atom stereocenters. The average molecular weight is 508 g/mol. The summed E-state index contributed by atoms with van der Waals surface area (Å²) < 4.78 is 2.25. The molecule has 2 aromatic carbocycles. The summed E-state index contributed by atoms with van der Waals surface area (Å²) in [6.45, 7) is 10.1. The van der Waals surface area contributed by atoms with E-state index in [2.05, 4.69) is 105 Å². The minimum absolute atomic E-state index is 0.199. The van der Waals surface area contributed by atoms with Crippen molar-refractivity contribution in [2.45, 2.75) is 45.4 Å². The van der Waals surface area contributed by atoms with Crippen LogP contribution < -0.4 is 0 Å². The van der Waals surface area contributed by atoms with Gasteiger partial charge in [0.2, 0.25) is 5.91 Å². The molecule has 6 rings (SSSR count). The molecular formula is C32H37N5O. The molecule has 0 radical (unpaired) electrons. The van der Waals surface area contributed by atoms with Gasteiger partial charge in [-0.3, -0.25) is 19.6 Å². The van der Waals surface area contributed by atoms with E-state index in [1.165, 1.54) is 27.8 Å². The summed E-state index contributed by atoms with van der Waals surface area (Å²) in [5.74, 6) is 0.204. The number of amides is 1. The first-order valence-electron chi connectivity index (χ1n) is 13.9. The summed E-state index contributed by atoms with van der Waals surface area (Å²) in [7, 11) is 0. The standard InChI is InChI=1S/C32H37N5O/c1-24(2)36-16-14-29-28(22-36)27-13-15-33-21-30(27)37(29)23-31(38)34-17-19-35(20-18-34)32(25-9-5-3-6-10-25)26-11-7-4-8-12-26/h3-13,15,21,24,32H,14,16-20,22-23H2,1-2H3. The Bertz CT molecular complexity index is 1350. The highest BCUT2D eigenvalue weighted by atomic mass is 16.2. The molecule has 1 saturated heterocycles. The first-order valence-corrected chi connectivity index (χ1v) is 13.9. The number of rotatable bonds is 6. The maximum absolute atomic E-state index is 13.6. The molecule has 2 aromatic heterocycles.